The maximum Gasteiger partial charge on any atom is 0.358 e. The van der Waals surface area contributed by atoms with E-state index in [0.29, 0.717) is 17.1 Å². The van der Waals surface area contributed by atoms with Crippen LogP contribution in [0.5, 0.6) is 5.75 Å². The van der Waals surface area contributed by atoms with Crippen molar-refractivity contribution < 1.29 is 23.6 Å². The fourth-order valence-corrected chi connectivity index (χ4v) is 3.09. The first-order valence-corrected chi connectivity index (χ1v) is 9.83. The minimum absolute atomic E-state index is 0.100. The normalized spacial score (nSPS) is 10.6. The maximum absolute atomic E-state index is 12.3. The first kappa shape index (κ1) is 20.9. The molecule has 0 bridgehead atoms. The lowest BCUT2D eigenvalue weighted by atomic mass is 10.1. The zero-order valence-corrected chi connectivity index (χ0v) is 17.4. The van der Waals surface area contributed by atoms with Gasteiger partial charge in [0, 0.05) is 17.3 Å². The number of methoxy groups -OCH3 is 1. The van der Waals surface area contributed by atoms with Crippen LogP contribution in [0.25, 0.3) is 16.9 Å². The van der Waals surface area contributed by atoms with Crippen molar-refractivity contribution in [3.05, 3.63) is 78.3 Å². The van der Waals surface area contributed by atoms with Crippen LogP contribution in [0.2, 0.25) is 0 Å². The number of anilines is 1. The molecule has 0 atom stereocenters. The van der Waals surface area contributed by atoms with Crippen molar-refractivity contribution in [2.24, 2.45) is 0 Å². The number of hydrogen-bond donors (Lipinski definition) is 1. The molecule has 0 saturated carbocycles. The summed E-state index contributed by atoms with van der Waals surface area (Å²) in [4.78, 5) is 24.6. The van der Waals surface area contributed by atoms with E-state index in [1.165, 1.54) is 12.3 Å². The summed E-state index contributed by atoms with van der Waals surface area (Å²) in [7, 11) is 1.59. The topological polar surface area (TPSA) is 108 Å². The van der Waals surface area contributed by atoms with Crippen molar-refractivity contribution in [3.8, 4) is 22.7 Å². The molecule has 1 amide bonds. The van der Waals surface area contributed by atoms with E-state index >= 15 is 0 Å². The summed E-state index contributed by atoms with van der Waals surface area (Å²) < 4.78 is 16.9. The molecule has 2 heterocycles. The second kappa shape index (κ2) is 9.17. The van der Waals surface area contributed by atoms with Crippen molar-refractivity contribution >= 4 is 17.6 Å². The average Bonchev–Trinajstić information content (AvgIpc) is 3.50. The predicted molar refractivity (Wildman–Crippen MR) is 116 cm³/mol. The van der Waals surface area contributed by atoms with E-state index < -0.39 is 11.9 Å². The Morgan fingerprint density at radius 1 is 1.09 bits per heavy atom. The third kappa shape index (κ3) is 4.36. The molecule has 0 unspecified atom stereocenters. The molecule has 32 heavy (non-hydrogen) atoms. The number of hydrogen-bond acceptors (Lipinski definition) is 7. The second-order valence-electron chi connectivity index (χ2n) is 6.66. The van der Waals surface area contributed by atoms with E-state index in [2.05, 4.69) is 15.6 Å². The quantitative estimate of drug-likeness (QED) is 0.440. The predicted octanol–water partition coefficient (Wildman–Crippen LogP) is 3.96. The highest BCUT2D eigenvalue weighted by atomic mass is 16.5. The van der Waals surface area contributed by atoms with E-state index in [1.807, 2.05) is 18.2 Å². The SMILES string of the molecule is CCOC(=O)c1cc(-c2cccc(NC(=O)c3ccno3)c2)n(-c2ccc(OC)cc2)n1. The first-order valence-electron chi connectivity index (χ1n) is 9.83. The molecule has 162 valence electrons. The van der Waals surface area contributed by atoms with Gasteiger partial charge in [0.2, 0.25) is 5.76 Å². The van der Waals surface area contributed by atoms with Gasteiger partial charge in [-0.25, -0.2) is 9.48 Å². The van der Waals surface area contributed by atoms with E-state index in [9.17, 15) is 9.59 Å². The molecule has 1 N–H and O–H groups in total. The van der Waals surface area contributed by atoms with Crippen LogP contribution in [-0.4, -0.2) is 40.5 Å². The van der Waals surface area contributed by atoms with Gasteiger partial charge in [0.25, 0.3) is 5.91 Å². The molecule has 0 fully saturated rings. The third-order valence-corrected chi connectivity index (χ3v) is 4.59. The van der Waals surface area contributed by atoms with Crippen molar-refractivity contribution in [1.29, 1.82) is 0 Å². The van der Waals surface area contributed by atoms with E-state index in [-0.39, 0.29) is 18.1 Å². The average molecular weight is 432 g/mol. The monoisotopic (exact) mass is 432 g/mol. The molecule has 0 aliphatic heterocycles. The Bertz CT molecular complexity index is 1230. The summed E-state index contributed by atoms with van der Waals surface area (Å²) in [6, 6.07) is 17.6. The Morgan fingerprint density at radius 2 is 1.91 bits per heavy atom. The zero-order valence-electron chi connectivity index (χ0n) is 17.4. The standard InChI is InChI=1S/C23H20N4O5/c1-3-31-23(29)19-14-20(27(26-19)17-7-9-18(30-2)10-8-17)15-5-4-6-16(13-15)25-22(28)21-11-12-24-32-21/h4-14H,3H2,1-2H3,(H,25,28). The number of benzene rings is 2. The smallest absolute Gasteiger partial charge is 0.358 e. The van der Waals surface area contributed by atoms with Crippen LogP contribution in [0.3, 0.4) is 0 Å². The Kier molecular flexibility index (Phi) is 5.98. The highest BCUT2D eigenvalue weighted by Crippen LogP contribution is 2.28. The van der Waals surface area contributed by atoms with E-state index in [1.54, 1.807) is 55.1 Å². The Morgan fingerprint density at radius 3 is 2.59 bits per heavy atom. The third-order valence-electron chi connectivity index (χ3n) is 4.59. The highest BCUT2D eigenvalue weighted by molar-refractivity contribution is 6.02. The van der Waals surface area contributed by atoms with Crippen LogP contribution >= 0.6 is 0 Å². The van der Waals surface area contributed by atoms with Gasteiger partial charge in [0.05, 0.1) is 31.3 Å². The minimum atomic E-state index is -0.518. The van der Waals surface area contributed by atoms with E-state index in [0.717, 1.165) is 11.3 Å². The number of rotatable bonds is 7. The summed E-state index contributed by atoms with van der Waals surface area (Å²) in [5, 5.41) is 10.8. The van der Waals surface area contributed by atoms with Gasteiger partial charge >= 0.3 is 5.97 Å². The van der Waals surface area contributed by atoms with Gasteiger partial charge in [-0.1, -0.05) is 17.3 Å². The maximum atomic E-state index is 12.3. The lowest BCUT2D eigenvalue weighted by Gasteiger charge is -2.10. The molecule has 0 radical (unpaired) electrons. The van der Waals surface area contributed by atoms with Crippen LogP contribution in [0.1, 0.15) is 28.0 Å². The minimum Gasteiger partial charge on any atom is -0.497 e. The molecule has 9 nitrogen and oxygen atoms in total. The van der Waals surface area contributed by atoms with Gasteiger partial charge in [-0.2, -0.15) is 5.10 Å². The number of amides is 1. The number of ether oxygens (including phenoxy) is 2. The zero-order chi connectivity index (χ0) is 22.5. The highest BCUT2D eigenvalue weighted by Gasteiger charge is 2.18. The van der Waals surface area contributed by atoms with Crippen molar-refractivity contribution in [2.75, 3.05) is 19.0 Å². The van der Waals surface area contributed by atoms with Crippen molar-refractivity contribution in [2.45, 2.75) is 6.92 Å². The molecular weight excluding hydrogens is 412 g/mol. The number of nitrogens with one attached hydrogen (secondary N) is 1. The molecule has 0 aliphatic rings. The Labute approximate surface area is 183 Å². The lowest BCUT2D eigenvalue weighted by molar-refractivity contribution is 0.0519. The van der Waals surface area contributed by atoms with Crippen LogP contribution in [0.15, 0.2) is 71.4 Å². The summed E-state index contributed by atoms with van der Waals surface area (Å²) in [6.45, 7) is 1.98. The van der Waals surface area contributed by atoms with Crippen molar-refractivity contribution in [1.82, 2.24) is 14.9 Å². The van der Waals surface area contributed by atoms with Gasteiger partial charge in [0.1, 0.15) is 5.75 Å². The van der Waals surface area contributed by atoms with Gasteiger partial charge in [-0.05, 0) is 49.4 Å². The van der Waals surface area contributed by atoms with Gasteiger partial charge in [-0.3, -0.25) is 4.79 Å². The number of esters is 1. The molecule has 9 heteroatoms. The van der Waals surface area contributed by atoms with Gasteiger partial charge in [-0.15, -0.1) is 0 Å². The van der Waals surface area contributed by atoms with Crippen LogP contribution in [0, 0.1) is 0 Å². The Hall–Kier alpha value is -4.40. The van der Waals surface area contributed by atoms with Gasteiger partial charge in [0.15, 0.2) is 5.69 Å². The summed E-state index contributed by atoms with van der Waals surface area (Å²) in [6.07, 6.45) is 1.40. The van der Waals surface area contributed by atoms with Crippen LogP contribution in [-0.2, 0) is 4.74 Å². The lowest BCUT2D eigenvalue weighted by Crippen LogP contribution is -2.10. The number of carbonyl (C=O) groups excluding carboxylic acids is 2. The fourth-order valence-electron chi connectivity index (χ4n) is 3.09. The molecule has 4 rings (SSSR count). The first-order chi connectivity index (χ1) is 15.6. The largest absolute Gasteiger partial charge is 0.497 e. The van der Waals surface area contributed by atoms with Crippen LogP contribution in [0.4, 0.5) is 5.69 Å². The van der Waals surface area contributed by atoms with Crippen LogP contribution < -0.4 is 10.1 Å². The van der Waals surface area contributed by atoms with Crippen molar-refractivity contribution in [3.63, 3.8) is 0 Å². The molecule has 4 aromatic rings. The number of nitrogens with zero attached hydrogens (tertiary/aromatic N) is 3. The number of aromatic nitrogens is 3. The second-order valence-corrected chi connectivity index (χ2v) is 6.66. The summed E-state index contributed by atoms with van der Waals surface area (Å²) in [5.74, 6) is -0.139. The molecule has 2 aromatic carbocycles. The fraction of sp³-hybridized carbons (Fsp3) is 0.130. The molecule has 0 spiro atoms. The molecule has 0 saturated heterocycles. The van der Waals surface area contributed by atoms with Gasteiger partial charge < -0.3 is 19.3 Å². The summed E-state index contributed by atoms with van der Waals surface area (Å²) >= 11 is 0. The molecule has 0 aliphatic carbocycles. The molecular formula is C23H20N4O5. The van der Waals surface area contributed by atoms with E-state index in [4.69, 9.17) is 14.0 Å². The summed E-state index contributed by atoms with van der Waals surface area (Å²) in [5.41, 5.74) is 2.83. The number of carbonyl (C=O) groups is 2. The molecule has 2 aromatic heterocycles. The Balaban J connectivity index is 1.72.